The van der Waals surface area contributed by atoms with E-state index < -0.39 is 12.0 Å². The van der Waals surface area contributed by atoms with Crippen LogP contribution in [0, 0.1) is 11.8 Å². The molecule has 0 aromatic heterocycles. The molecule has 0 aromatic rings. The largest absolute Gasteiger partial charge is 0.480 e. The van der Waals surface area contributed by atoms with Gasteiger partial charge in [0.1, 0.15) is 6.04 Å². The molecule has 0 bridgehead atoms. The zero-order valence-corrected chi connectivity index (χ0v) is 13.1. The summed E-state index contributed by atoms with van der Waals surface area (Å²) in [5, 5.41) is 9.05. The molecule has 4 atom stereocenters. The van der Waals surface area contributed by atoms with Crippen molar-refractivity contribution in [1.82, 2.24) is 9.80 Å². The minimum atomic E-state index is -0.989. The summed E-state index contributed by atoms with van der Waals surface area (Å²) in [6, 6.07) is -1.11. The molecular weight excluding hydrogens is 296 g/mol. The van der Waals surface area contributed by atoms with Crippen molar-refractivity contribution in [2.45, 2.75) is 25.3 Å². The monoisotopic (exact) mass is 316 g/mol. The number of ether oxygens (including phenoxy) is 1. The second kappa shape index (κ2) is 6.13. The van der Waals surface area contributed by atoms with Gasteiger partial charge in [-0.05, 0) is 12.8 Å². The Balaban J connectivity index is 2.10. The van der Waals surface area contributed by atoms with E-state index in [1.54, 1.807) is 4.90 Å². The number of thioether (sulfide) groups is 1. The third-order valence-corrected chi connectivity index (χ3v) is 5.33. The zero-order valence-electron chi connectivity index (χ0n) is 12.3. The molecule has 0 aliphatic carbocycles. The topological polar surface area (TPSA) is 87.2 Å². The first-order valence-electron chi connectivity index (χ1n) is 6.86. The average molecular weight is 316 g/mol. The Morgan fingerprint density at radius 3 is 2.48 bits per heavy atom. The molecule has 0 saturated carbocycles. The second-order valence-electron chi connectivity index (χ2n) is 5.49. The van der Waals surface area contributed by atoms with Crippen molar-refractivity contribution in [2.75, 3.05) is 26.0 Å². The fourth-order valence-electron chi connectivity index (χ4n) is 2.87. The quantitative estimate of drug-likeness (QED) is 0.755. The first-order chi connectivity index (χ1) is 9.86. The van der Waals surface area contributed by atoms with E-state index in [1.807, 2.05) is 13.8 Å². The Morgan fingerprint density at radius 1 is 1.24 bits per heavy atom. The van der Waals surface area contributed by atoms with Gasteiger partial charge < -0.3 is 14.7 Å². The highest BCUT2D eigenvalue weighted by Gasteiger charge is 2.45. The molecule has 0 radical (unpaired) electrons. The lowest BCUT2D eigenvalue weighted by atomic mass is 9.99. The Bertz CT molecular complexity index is 458. The highest BCUT2D eigenvalue weighted by Crippen LogP contribution is 2.32. The normalized spacial score (nSPS) is 32.3. The summed E-state index contributed by atoms with van der Waals surface area (Å²) in [7, 11) is 1.33. The first kappa shape index (κ1) is 15.9. The van der Waals surface area contributed by atoms with Gasteiger partial charge in [0.2, 0.25) is 0 Å². The van der Waals surface area contributed by atoms with Gasteiger partial charge in [-0.2, -0.15) is 0 Å². The lowest BCUT2D eigenvalue weighted by Gasteiger charge is -2.30. The van der Waals surface area contributed by atoms with Crippen molar-refractivity contribution in [1.29, 1.82) is 0 Å². The molecule has 1 N–H and O–H groups in total. The number of rotatable bonds is 2. The van der Waals surface area contributed by atoms with E-state index in [4.69, 9.17) is 4.74 Å². The molecule has 118 valence electrons. The number of hydrogen-bond donors (Lipinski definition) is 1. The third kappa shape index (κ3) is 2.95. The zero-order chi connectivity index (χ0) is 15.7. The van der Waals surface area contributed by atoms with Crippen LogP contribution in [-0.4, -0.2) is 70.2 Å². The smallest absolute Gasteiger partial charge is 0.327 e. The summed E-state index contributed by atoms with van der Waals surface area (Å²) >= 11 is 1.45. The Kier molecular flexibility index (Phi) is 4.65. The van der Waals surface area contributed by atoms with Crippen molar-refractivity contribution in [3.63, 3.8) is 0 Å². The molecule has 2 heterocycles. The molecule has 2 aliphatic rings. The molecule has 7 nitrogen and oxygen atoms in total. The molecule has 4 unspecified atom stereocenters. The molecule has 21 heavy (non-hydrogen) atoms. The van der Waals surface area contributed by atoms with Crippen LogP contribution in [0.25, 0.3) is 0 Å². The van der Waals surface area contributed by atoms with Gasteiger partial charge >= 0.3 is 18.0 Å². The highest BCUT2D eigenvalue weighted by atomic mass is 32.2. The first-order valence-corrected chi connectivity index (χ1v) is 7.91. The van der Waals surface area contributed by atoms with Gasteiger partial charge in [-0.25, -0.2) is 9.59 Å². The van der Waals surface area contributed by atoms with Crippen molar-refractivity contribution < 1.29 is 24.2 Å². The molecule has 8 heteroatoms. The Labute approximate surface area is 127 Å². The van der Waals surface area contributed by atoms with E-state index in [2.05, 4.69) is 0 Å². The van der Waals surface area contributed by atoms with Crippen LogP contribution < -0.4 is 0 Å². The van der Waals surface area contributed by atoms with Crippen LogP contribution in [0.4, 0.5) is 4.79 Å². The minimum absolute atomic E-state index is 0.00948. The van der Waals surface area contributed by atoms with E-state index in [-0.39, 0.29) is 35.8 Å². The fourth-order valence-corrected chi connectivity index (χ4v) is 4.03. The number of urea groups is 1. The summed E-state index contributed by atoms with van der Waals surface area (Å²) in [5.41, 5.74) is 0. The molecule has 0 spiro atoms. The number of carbonyl (C=O) groups is 3. The van der Waals surface area contributed by atoms with Crippen LogP contribution in [0.1, 0.15) is 13.8 Å². The number of carboxylic acids is 1. The van der Waals surface area contributed by atoms with E-state index in [9.17, 15) is 19.5 Å². The van der Waals surface area contributed by atoms with Gasteiger partial charge in [-0.3, -0.25) is 9.69 Å². The van der Waals surface area contributed by atoms with Crippen molar-refractivity contribution >= 4 is 29.7 Å². The standard InChI is InChI=1S/C13H20N2O5S/c1-7-4-14(5-9(7)12(18)20-3)13(19)15-8(2)21-6-10(15)11(16)17/h7-10H,4-6H2,1-3H3,(H,16,17). The number of carbonyl (C=O) groups excluding carboxylic acids is 2. The second-order valence-corrected chi connectivity index (χ2v) is 6.84. The maximum Gasteiger partial charge on any atom is 0.327 e. The predicted octanol–water partition coefficient (Wildman–Crippen LogP) is 0.695. The number of carboxylic acid groups (broad SMARTS) is 1. The summed E-state index contributed by atoms with van der Waals surface area (Å²) < 4.78 is 4.75. The summed E-state index contributed by atoms with van der Waals surface area (Å²) in [6.07, 6.45) is 0. The van der Waals surface area contributed by atoms with Gasteiger partial charge in [0.05, 0.1) is 18.4 Å². The maximum atomic E-state index is 12.6. The number of likely N-dealkylation sites (tertiary alicyclic amines) is 1. The molecule has 0 aromatic carbocycles. The maximum absolute atomic E-state index is 12.6. The van der Waals surface area contributed by atoms with Crippen LogP contribution in [0.5, 0.6) is 0 Å². The molecule has 2 aliphatic heterocycles. The Hall–Kier alpha value is -1.44. The van der Waals surface area contributed by atoms with Crippen LogP contribution in [0.2, 0.25) is 0 Å². The van der Waals surface area contributed by atoms with E-state index in [0.29, 0.717) is 12.3 Å². The number of nitrogens with zero attached hydrogens (tertiary/aromatic N) is 2. The lowest BCUT2D eigenvalue weighted by Crippen LogP contribution is -2.50. The number of methoxy groups -OCH3 is 1. The van der Waals surface area contributed by atoms with Crippen LogP contribution in [0.15, 0.2) is 0 Å². The van der Waals surface area contributed by atoms with Crippen molar-refractivity contribution in [3.8, 4) is 0 Å². The van der Waals surface area contributed by atoms with E-state index in [0.717, 1.165) is 0 Å². The van der Waals surface area contributed by atoms with Crippen LogP contribution in [-0.2, 0) is 14.3 Å². The number of esters is 1. The van der Waals surface area contributed by atoms with Gasteiger partial charge in [0.15, 0.2) is 0 Å². The van der Waals surface area contributed by atoms with Crippen LogP contribution >= 0.6 is 11.8 Å². The summed E-state index contributed by atoms with van der Waals surface area (Å²) in [6.45, 7) is 4.44. The highest BCUT2D eigenvalue weighted by molar-refractivity contribution is 8.00. The van der Waals surface area contributed by atoms with Gasteiger partial charge in [0, 0.05) is 18.8 Å². The SMILES string of the molecule is COC(=O)C1CN(C(=O)N2C(C)SCC2C(=O)O)CC1C. The van der Waals surface area contributed by atoms with Gasteiger partial charge in [0.25, 0.3) is 0 Å². The van der Waals surface area contributed by atoms with Gasteiger partial charge in [-0.15, -0.1) is 11.8 Å². The third-order valence-electron chi connectivity index (χ3n) is 4.12. The molecule has 2 saturated heterocycles. The van der Waals surface area contributed by atoms with Crippen LogP contribution in [0.3, 0.4) is 0 Å². The Morgan fingerprint density at radius 2 is 1.90 bits per heavy atom. The molecular formula is C13H20N2O5S. The summed E-state index contributed by atoms with van der Waals surface area (Å²) in [4.78, 5) is 38.5. The number of hydrogen-bond acceptors (Lipinski definition) is 5. The predicted molar refractivity (Wildman–Crippen MR) is 76.8 cm³/mol. The molecule has 2 amide bonds. The average Bonchev–Trinajstić information content (AvgIpc) is 3.00. The lowest BCUT2D eigenvalue weighted by molar-refractivity contribution is -0.146. The van der Waals surface area contributed by atoms with Crippen molar-refractivity contribution in [3.05, 3.63) is 0 Å². The summed E-state index contributed by atoms with van der Waals surface area (Å²) in [5.74, 6) is -1.25. The number of amides is 2. The molecule has 2 fully saturated rings. The fraction of sp³-hybridized carbons (Fsp3) is 0.769. The van der Waals surface area contributed by atoms with Crippen molar-refractivity contribution in [2.24, 2.45) is 11.8 Å². The molecule has 2 rings (SSSR count). The van der Waals surface area contributed by atoms with Gasteiger partial charge in [-0.1, -0.05) is 6.92 Å². The van der Waals surface area contributed by atoms with E-state index in [1.165, 1.54) is 23.8 Å². The van der Waals surface area contributed by atoms with E-state index >= 15 is 0 Å². The minimum Gasteiger partial charge on any atom is -0.480 e. The number of aliphatic carboxylic acids is 1.